The number of thiophene rings is 1. The van der Waals surface area contributed by atoms with Gasteiger partial charge in [0.05, 0.1) is 5.54 Å². The highest BCUT2D eigenvalue weighted by Crippen LogP contribution is 2.32. The molecule has 7 heteroatoms. The Morgan fingerprint density at radius 2 is 1.91 bits per heavy atom. The SMILES string of the molecule is CN1CCN([C@H](c2cccs2)c2nnnn2C(C)(C)C)CC1. The number of aromatic nitrogens is 4. The molecular weight excluding hydrogens is 296 g/mol. The lowest BCUT2D eigenvalue weighted by atomic mass is 10.1. The molecule has 0 aromatic carbocycles. The number of tetrazole rings is 1. The van der Waals surface area contributed by atoms with Gasteiger partial charge in [-0.15, -0.1) is 16.4 Å². The molecular formula is C15H24N6S. The molecule has 2 aromatic rings. The van der Waals surface area contributed by atoms with E-state index in [1.807, 2.05) is 4.68 Å². The van der Waals surface area contributed by atoms with Crippen LogP contribution in [0.1, 0.15) is 37.5 Å². The Kier molecular flexibility index (Phi) is 4.29. The summed E-state index contributed by atoms with van der Waals surface area (Å²) in [6.07, 6.45) is 0. The molecule has 1 aliphatic rings. The molecule has 0 aliphatic carbocycles. The summed E-state index contributed by atoms with van der Waals surface area (Å²) in [6, 6.07) is 4.44. The largest absolute Gasteiger partial charge is 0.304 e. The van der Waals surface area contributed by atoms with E-state index in [0.717, 1.165) is 32.0 Å². The Bertz CT molecular complexity index is 592. The van der Waals surface area contributed by atoms with Crippen LogP contribution >= 0.6 is 11.3 Å². The molecule has 3 rings (SSSR count). The Labute approximate surface area is 135 Å². The summed E-state index contributed by atoms with van der Waals surface area (Å²) >= 11 is 1.78. The number of nitrogens with zero attached hydrogens (tertiary/aromatic N) is 6. The fraction of sp³-hybridized carbons (Fsp3) is 0.667. The summed E-state index contributed by atoms with van der Waals surface area (Å²) in [4.78, 5) is 6.18. The second-order valence-corrected chi connectivity index (χ2v) is 7.86. The fourth-order valence-corrected chi connectivity index (χ4v) is 3.69. The molecule has 1 aliphatic heterocycles. The van der Waals surface area contributed by atoms with Crippen LogP contribution in [-0.4, -0.2) is 63.2 Å². The molecule has 0 saturated carbocycles. The quantitative estimate of drug-likeness (QED) is 0.863. The normalized spacial score (nSPS) is 19.5. The summed E-state index contributed by atoms with van der Waals surface area (Å²) in [7, 11) is 2.18. The molecule has 120 valence electrons. The molecule has 0 amide bonds. The highest BCUT2D eigenvalue weighted by atomic mass is 32.1. The minimum absolute atomic E-state index is 0.124. The van der Waals surface area contributed by atoms with E-state index >= 15 is 0 Å². The fourth-order valence-electron chi connectivity index (χ4n) is 2.84. The maximum Gasteiger partial charge on any atom is 0.174 e. The first kappa shape index (κ1) is 15.6. The maximum atomic E-state index is 4.39. The lowest BCUT2D eigenvalue weighted by molar-refractivity contribution is 0.120. The van der Waals surface area contributed by atoms with Crippen molar-refractivity contribution in [3.05, 3.63) is 28.2 Å². The van der Waals surface area contributed by atoms with Gasteiger partial charge < -0.3 is 4.90 Å². The van der Waals surface area contributed by atoms with Crippen LogP contribution < -0.4 is 0 Å². The van der Waals surface area contributed by atoms with Crippen molar-refractivity contribution < 1.29 is 0 Å². The van der Waals surface area contributed by atoms with Crippen molar-refractivity contribution in [3.8, 4) is 0 Å². The first-order valence-electron chi connectivity index (χ1n) is 7.71. The molecule has 1 fully saturated rings. The van der Waals surface area contributed by atoms with E-state index in [4.69, 9.17) is 0 Å². The van der Waals surface area contributed by atoms with Crippen LogP contribution in [0.5, 0.6) is 0 Å². The summed E-state index contributed by atoms with van der Waals surface area (Å²) in [5.74, 6) is 0.944. The summed E-state index contributed by atoms with van der Waals surface area (Å²) in [5, 5.41) is 14.7. The van der Waals surface area contributed by atoms with E-state index in [1.54, 1.807) is 11.3 Å². The summed E-state index contributed by atoms with van der Waals surface area (Å²) in [6.45, 7) is 10.7. The van der Waals surface area contributed by atoms with Crippen molar-refractivity contribution in [3.63, 3.8) is 0 Å². The van der Waals surface area contributed by atoms with Gasteiger partial charge in [-0.25, -0.2) is 4.68 Å². The van der Waals surface area contributed by atoms with E-state index in [0.29, 0.717) is 0 Å². The van der Waals surface area contributed by atoms with E-state index in [-0.39, 0.29) is 11.6 Å². The van der Waals surface area contributed by atoms with Crippen LogP contribution in [0.15, 0.2) is 17.5 Å². The van der Waals surface area contributed by atoms with Crippen molar-refractivity contribution in [1.29, 1.82) is 0 Å². The van der Waals surface area contributed by atoms with Gasteiger partial charge in [-0.3, -0.25) is 4.90 Å². The van der Waals surface area contributed by atoms with E-state index in [2.05, 4.69) is 70.7 Å². The number of rotatable bonds is 3. The van der Waals surface area contributed by atoms with Gasteiger partial charge in [-0.2, -0.15) is 0 Å². The van der Waals surface area contributed by atoms with Crippen molar-refractivity contribution in [2.24, 2.45) is 0 Å². The zero-order valence-corrected chi connectivity index (χ0v) is 14.5. The van der Waals surface area contributed by atoms with Crippen molar-refractivity contribution in [2.45, 2.75) is 32.4 Å². The Hall–Kier alpha value is -1.31. The summed E-state index contributed by atoms with van der Waals surface area (Å²) < 4.78 is 1.97. The Morgan fingerprint density at radius 3 is 2.50 bits per heavy atom. The first-order chi connectivity index (χ1) is 10.5. The minimum atomic E-state index is -0.124. The standard InChI is InChI=1S/C15H24N6S/c1-15(2,3)21-14(16-17-18-21)13(12-6-5-11-22-12)20-9-7-19(4)8-10-20/h5-6,11,13H,7-10H2,1-4H3/t13-/m1/s1. The molecule has 6 nitrogen and oxygen atoms in total. The van der Waals surface area contributed by atoms with Crippen LogP contribution in [0.2, 0.25) is 0 Å². The minimum Gasteiger partial charge on any atom is -0.304 e. The molecule has 3 heterocycles. The molecule has 0 unspecified atom stereocenters. The van der Waals surface area contributed by atoms with Crippen molar-refractivity contribution >= 4 is 11.3 Å². The van der Waals surface area contributed by atoms with Crippen LogP contribution in [0.25, 0.3) is 0 Å². The first-order valence-corrected chi connectivity index (χ1v) is 8.59. The molecule has 0 spiro atoms. The molecule has 0 bridgehead atoms. The average molecular weight is 320 g/mol. The average Bonchev–Trinajstić information content (AvgIpc) is 3.12. The lowest BCUT2D eigenvalue weighted by Gasteiger charge is -2.37. The Morgan fingerprint density at radius 1 is 1.18 bits per heavy atom. The van der Waals surface area contributed by atoms with Gasteiger partial charge in [0.15, 0.2) is 5.82 Å². The van der Waals surface area contributed by atoms with E-state index in [1.165, 1.54) is 4.88 Å². The van der Waals surface area contributed by atoms with Crippen LogP contribution in [0.4, 0.5) is 0 Å². The highest BCUT2D eigenvalue weighted by Gasteiger charge is 2.33. The zero-order valence-electron chi connectivity index (χ0n) is 13.7. The van der Waals surface area contributed by atoms with Crippen molar-refractivity contribution in [1.82, 2.24) is 30.0 Å². The number of hydrogen-bond acceptors (Lipinski definition) is 6. The predicted octanol–water partition coefficient (Wildman–Crippen LogP) is 1.83. The highest BCUT2D eigenvalue weighted by molar-refractivity contribution is 7.10. The molecule has 1 saturated heterocycles. The molecule has 0 N–H and O–H groups in total. The van der Waals surface area contributed by atoms with Crippen molar-refractivity contribution in [2.75, 3.05) is 33.2 Å². The monoisotopic (exact) mass is 320 g/mol. The number of hydrogen-bond donors (Lipinski definition) is 0. The van der Waals surface area contributed by atoms with Gasteiger partial charge in [-0.05, 0) is 49.7 Å². The number of piperazine rings is 1. The Balaban J connectivity index is 1.98. The van der Waals surface area contributed by atoms with Gasteiger partial charge in [-0.1, -0.05) is 6.07 Å². The molecule has 0 radical (unpaired) electrons. The van der Waals surface area contributed by atoms with Gasteiger partial charge in [0, 0.05) is 31.1 Å². The summed E-state index contributed by atoms with van der Waals surface area (Å²) in [5.41, 5.74) is -0.124. The third kappa shape index (κ3) is 3.06. The topological polar surface area (TPSA) is 50.1 Å². The predicted molar refractivity (Wildman–Crippen MR) is 88.0 cm³/mol. The molecule has 22 heavy (non-hydrogen) atoms. The van der Waals surface area contributed by atoms with E-state index in [9.17, 15) is 0 Å². The van der Waals surface area contributed by atoms with Gasteiger partial charge >= 0.3 is 0 Å². The number of likely N-dealkylation sites (N-methyl/N-ethyl adjacent to an activating group) is 1. The van der Waals surface area contributed by atoms with E-state index < -0.39 is 0 Å². The second kappa shape index (κ2) is 6.06. The van der Waals surface area contributed by atoms with Gasteiger partial charge in [0.25, 0.3) is 0 Å². The van der Waals surface area contributed by atoms with Gasteiger partial charge in [0.2, 0.25) is 0 Å². The van der Waals surface area contributed by atoms with Crippen LogP contribution in [0.3, 0.4) is 0 Å². The van der Waals surface area contributed by atoms with Crippen LogP contribution in [0, 0.1) is 0 Å². The zero-order chi connectivity index (χ0) is 15.7. The second-order valence-electron chi connectivity index (χ2n) is 6.88. The molecule has 2 aromatic heterocycles. The maximum absolute atomic E-state index is 4.39. The smallest absolute Gasteiger partial charge is 0.174 e. The van der Waals surface area contributed by atoms with Crippen LogP contribution in [-0.2, 0) is 5.54 Å². The third-order valence-corrected chi connectivity index (χ3v) is 5.01. The molecule has 1 atom stereocenters. The van der Waals surface area contributed by atoms with Gasteiger partial charge in [0.1, 0.15) is 6.04 Å². The lowest BCUT2D eigenvalue weighted by Crippen LogP contribution is -2.47. The third-order valence-electron chi connectivity index (χ3n) is 4.09.